The van der Waals surface area contributed by atoms with Gasteiger partial charge in [-0.15, -0.1) is 11.8 Å². The molecule has 8 heavy (non-hydrogen) atoms. The van der Waals surface area contributed by atoms with E-state index >= 15 is 0 Å². The van der Waals surface area contributed by atoms with Crippen LogP contribution in [0, 0.1) is 0 Å². The second-order valence-electron chi connectivity index (χ2n) is 2.26. The van der Waals surface area contributed by atoms with Gasteiger partial charge in [-0.3, -0.25) is 5.32 Å². The van der Waals surface area contributed by atoms with Crippen molar-refractivity contribution in [3.63, 3.8) is 0 Å². The van der Waals surface area contributed by atoms with Crippen LogP contribution in [0.4, 0.5) is 0 Å². The summed E-state index contributed by atoms with van der Waals surface area (Å²) in [6, 6.07) is 0. The molecule has 0 radical (unpaired) electrons. The largest absolute Gasteiger partial charge is 0.376 e. The lowest BCUT2D eigenvalue weighted by Crippen LogP contribution is -2.54. The highest BCUT2D eigenvalue weighted by molar-refractivity contribution is 8.01. The highest BCUT2D eigenvalue weighted by Gasteiger charge is 2.41. The molecule has 2 fully saturated rings. The van der Waals surface area contributed by atoms with E-state index in [1.54, 1.807) is 0 Å². The number of nitrogens with one attached hydrogen (secondary N) is 1. The van der Waals surface area contributed by atoms with Crippen molar-refractivity contribution in [2.24, 2.45) is 0 Å². The first-order chi connectivity index (χ1) is 3.91. The van der Waals surface area contributed by atoms with E-state index in [0.29, 0.717) is 4.87 Å². The molecular formula is C5H9NOS. The first-order valence-corrected chi connectivity index (χ1v) is 3.87. The second kappa shape index (κ2) is 1.62. The van der Waals surface area contributed by atoms with Crippen LogP contribution in [0.3, 0.4) is 0 Å². The second-order valence-corrected chi connectivity index (χ2v) is 3.74. The molecule has 3 heteroatoms. The summed E-state index contributed by atoms with van der Waals surface area (Å²) in [5.41, 5.74) is 0. The number of thioether (sulfide) groups is 1. The van der Waals surface area contributed by atoms with E-state index < -0.39 is 0 Å². The van der Waals surface area contributed by atoms with E-state index in [0.717, 1.165) is 19.8 Å². The maximum Gasteiger partial charge on any atom is 0.112 e. The van der Waals surface area contributed by atoms with E-state index in [4.69, 9.17) is 4.74 Å². The van der Waals surface area contributed by atoms with E-state index in [-0.39, 0.29) is 0 Å². The fourth-order valence-corrected chi connectivity index (χ4v) is 2.18. The SMILES string of the molecule is C1CSC2(COC2)N1. The Kier molecular flexibility index (Phi) is 1.03. The molecule has 0 unspecified atom stereocenters. The summed E-state index contributed by atoms with van der Waals surface area (Å²) in [6.07, 6.45) is 0. The Morgan fingerprint density at radius 1 is 1.50 bits per heavy atom. The fraction of sp³-hybridized carbons (Fsp3) is 1.00. The Labute approximate surface area is 53.0 Å². The van der Waals surface area contributed by atoms with Gasteiger partial charge in [0.1, 0.15) is 4.87 Å². The molecule has 1 spiro atoms. The van der Waals surface area contributed by atoms with Crippen LogP contribution in [0.25, 0.3) is 0 Å². The summed E-state index contributed by atoms with van der Waals surface area (Å²) in [4.78, 5) is 0.361. The Morgan fingerprint density at radius 3 is 2.62 bits per heavy atom. The van der Waals surface area contributed by atoms with Crippen LogP contribution in [0.2, 0.25) is 0 Å². The summed E-state index contributed by atoms with van der Waals surface area (Å²) in [6.45, 7) is 2.99. The molecule has 2 aliphatic rings. The third-order valence-corrected chi connectivity index (χ3v) is 2.94. The van der Waals surface area contributed by atoms with E-state index in [1.807, 2.05) is 11.8 Å². The smallest absolute Gasteiger partial charge is 0.112 e. The summed E-state index contributed by atoms with van der Waals surface area (Å²) in [5.74, 6) is 1.25. The van der Waals surface area contributed by atoms with Gasteiger partial charge in [0, 0.05) is 12.3 Å². The van der Waals surface area contributed by atoms with Crippen LogP contribution in [-0.2, 0) is 4.74 Å². The summed E-state index contributed by atoms with van der Waals surface area (Å²) >= 11 is 2.00. The monoisotopic (exact) mass is 131 g/mol. The zero-order valence-corrected chi connectivity index (χ0v) is 5.46. The Morgan fingerprint density at radius 2 is 2.38 bits per heavy atom. The van der Waals surface area contributed by atoms with Gasteiger partial charge in [-0.25, -0.2) is 0 Å². The molecule has 0 saturated carbocycles. The van der Waals surface area contributed by atoms with E-state index in [2.05, 4.69) is 5.32 Å². The maximum atomic E-state index is 5.08. The molecule has 1 N–H and O–H groups in total. The number of ether oxygens (including phenoxy) is 1. The lowest BCUT2D eigenvalue weighted by atomic mass is 10.2. The average molecular weight is 131 g/mol. The van der Waals surface area contributed by atoms with Crippen LogP contribution in [0.5, 0.6) is 0 Å². The molecule has 0 bridgehead atoms. The summed E-state index contributed by atoms with van der Waals surface area (Å²) in [5, 5.41) is 3.41. The van der Waals surface area contributed by atoms with Crippen molar-refractivity contribution in [1.82, 2.24) is 5.32 Å². The minimum Gasteiger partial charge on any atom is -0.376 e. The first kappa shape index (κ1) is 5.09. The molecule has 0 aromatic heterocycles. The van der Waals surface area contributed by atoms with Gasteiger partial charge in [0.15, 0.2) is 0 Å². The molecule has 0 aromatic carbocycles. The average Bonchev–Trinajstić information content (AvgIpc) is 2.07. The number of rotatable bonds is 0. The fourth-order valence-electron chi connectivity index (χ4n) is 1.05. The van der Waals surface area contributed by atoms with Crippen molar-refractivity contribution in [2.75, 3.05) is 25.5 Å². The Hall–Kier alpha value is 0.270. The molecule has 0 aromatic rings. The van der Waals surface area contributed by atoms with Crippen molar-refractivity contribution >= 4 is 11.8 Å². The molecule has 0 amide bonds. The van der Waals surface area contributed by atoms with Crippen molar-refractivity contribution in [2.45, 2.75) is 4.87 Å². The number of hydrogen-bond donors (Lipinski definition) is 1. The van der Waals surface area contributed by atoms with Gasteiger partial charge in [0.25, 0.3) is 0 Å². The first-order valence-electron chi connectivity index (χ1n) is 2.88. The van der Waals surface area contributed by atoms with E-state index in [1.165, 1.54) is 5.75 Å². The topological polar surface area (TPSA) is 21.3 Å². The van der Waals surface area contributed by atoms with Crippen LogP contribution in [-0.4, -0.2) is 30.4 Å². The predicted molar refractivity (Wildman–Crippen MR) is 34.0 cm³/mol. The van der Waals surface area contributed by atoms with Gasteiger partial charge in [-0.05, 0) is 0 Å². The van der Waals surface area contributed by atoms with Gasteiger partial charge in [0.2, 0.25) is 0 Å². The molecule has 2 heterocycles. The molecule has 46 valence electrons. The van der Waals surface area contributed by atoms with Crippen LogP contribution in [0.1, 0.15) is 0 Å². The lowest BCUT2D eigenvalue weighted by Gasteiger charge is -2.36. The van der Waals surface area contributed by atoms with Gasteiger partial charge >= 0.3 is 0 Å². The standard InChI is InChI=1S/C5H9NOS/c1-2-8-5(6-1)3-7-4-5/h6H,1-4H2. The third kappa shape index (κ3) is 0.584. The summed E-state index contributed by atoms with van der Waals surface area (Å²) in [7, 11) is 0. The molecule has 2 aliphatic heterocycles. The van der Waals surface area contributed by atoms with Gasteiger partial charge in [0.05, 0.1) is 13.2 Å². The Balaban J connectivity index is 2.01. The minimum absolute atomic E-state index is 0.361. The minimum atomic E-state index is 0.361. The summed E-state index contributed by atoms with van der Waals surface area (Å²) < 4.78 is 5.08. The quantitative estimate of drug-likeness (QED) is 0.502. The van der Waals surface area contributed by atoms with Gasteiger partial charge in [-0.2, -0.15) is 0 Å². The van der Waals surface area contributed by atoms with Crippen molar-refractivity contribution < 1.29 is 4.74 Å². The van der Waals surface area contributed by atoms with Gasteiger partial charge in [-0.1, -0.05) is 0 Å². The third-order valence-electron chi connectivity index (χ3n) is 1.60. The molecule has 0 aliphatic carbocycles. The number of hydrogen-bond acceptors (Lipinski definition) is 3. The molecular weight excluding hydrogens is 122 g/mol. The maximum absolute atomic E-state index is 5.08. The predicted octanol–water partition coefficient (Wildman–Crippen LogP) is 0.0493. The van der Waals surface area contributed by atoms with Crippen molar-refractivity contribution in [1.29, 1.82) is 0 Å². The van der Waals surface area contributed by atoms with Crippen LogP contribution < -0.4 is 5.32 Å². The molecule has 2 rings (SSSR count). The molecule has 2 saturated heterocycles. The zero-order valence-electron chi connectivity index (χ0n) is 4.64. The highest BCUT2D eigenvalue weighted by Crippen LogP contribution is 2.33. The van der Waals surface area contributed by atoms with Crippen LogP contribution in [0.15, 0.2) is 0 Å². The molecule has 2 nitrogen and oxygen atoms in total. The normalized spacial score (nSPS) is 33.0. The van der Waals surface area contributed by atoms with Crippen LogP contribution >= 0.6 is 11.8 Å². The van der Waals surface area contributed by atoms with Gasteiger partial charge < -0.3 is 4.74 Å². The Bertz CT molecular complexity index is 94.6. The zero-order chi connectivity index (χ0) is 5.45. The van der Waals surface area contributed by atoms with E-state index in [9.17, 15) is 0 Å². The highest BCUT2D eigenvalue weighted by atomic mass is 32.2. The molecule has 0 atom stereocenters. The lowest BCUT2D eigenvalue weighted by molar-refractivity contribution is -0.0197. The van der Waals surface area contributed by atoms with Crippen molar-refractivity contribution in [3.05, 3.63) is 0 Å². The van der Waals surface area contributed by atoms with Crippen molar-refractivity contribution in [3.8, 4) is 0 Å².